The summed E-state index contributed by atoms with van der Waals surface area (Å²) < 4.78 is 11.8. The van der Waals surface area contributed by atoms with Crippen molar-refractivity contribution < 1.29 is 13.9 Å². The van der Waals surface area contributed by atoms with Gasteiger partial charge in [-0.2, -0.15) is 0 Å². The first-order chi connectivity index (χ1) is 10.8. The number of piperidine rings is 1. The molecule has 1 aliphatic heterocycles. The second-order valence-electron chi connectivity index (χ2n) is 7.51. The average Bonchev–Trinajstić information content (AvgIpc) is 2.91. The van der Waals surface area contributed by atoms with Gasteiger partial charge in [-0.05, 0) is 44.2 Å². The van der Waals surface area contributed by atoms with Crippen LogP contribution in [0, 0.1) is 5.41 Å². The highest BCUT2D eigenvalue weighted by molar-refractivity contribution is 6.00. The molecule has 3 rings (SSSR count). The Balaban J connectivity index is 1.78. The first-order valence-corrected chi connectivity index (χ1v) is 8.26. The standard InChI is InChI=1S/C19H25NO3/c1-19(2,3)18(21)17-12-13-11-15(5-6-16(13)23-17)22-14-7-9-20(4)10-8-14/h5-6,11-12,14H,7-10H2,1-4H3. The van der Waals surface area contributed by atoms with E-state index in [4.69, 9.17) is 9.15 Å². The summed E-state index contributed by atoms with van der Waals surface area (Å²) in [4.78, 5) is 14.7. The van der Waals surface area contributed by atoms with Crippen LogP contribution in [0.25, 0.3) is 11.0 Å². The molecule has 2 heterocycles. The Hall–Kier alpha value is -1.81. The Morgan fingerprint density at radius 2 is 1.91 bits per heavy atom. The van der Waals surface area contributed by atoms with E-state index < -0.39 is 5.41 Å². The fourth-order valence-electron chi connectivity index (χ4n) is 2.87. The van der Waals surface area contributed by atoms with Gasteiger partial charge in [0.1, 0.15) is 17.4 Å². The maximum Gasteiger partial charge on any atom is 0.203 e. The van der Waals surface area contributed by atoms with E-state index in [-0.39, 0.29) is 11.9 Å². The van der Waals surface area contributed by atoms with Gasteiger partial charge in [-0.1, -0.05) is 20.8 Å². The zero-order chi connectivity index (χ0) is 16.6. The van der Waals surface area contributed by atoms with E-state index in [2.05, 4.69) is 11.9 Å². The number of ether oxygens (including phenoxy) is 1. The van der Waals surface area contributed by atoms with Crippen molar-refractivity contribution >= 4 is 16.8 Å². The maximum atomic E-state index is 12.3. The fraction of sp³-hybridized carbons (Fsp3) is 0.526. The number of nitrogens with zero attached hydrogens (tertiary/aromatic N) is 1. The molecule has 0 unspecified atom stereocenters. The van der Waals surface area contributed by atoms with Crippen molar-refractivity contribution in [2.75, 3.05) is 20.1 Å². The number of rotatable bonds is 3. The molecule has 0 saturated carbocycles. The highest BCUT2D eigenvalue weighted by atomic mass is 16.5. The Morgan fingerprint density at radius 3 is 2.57 bits per heavy atom. The Morgan fingerprint density at radius 1 is 1.22 bits per heavy atom. The number of fused-ring (bicyclic) bond motifs is 1. The molecule has 0 atom stereocenters. The first kappa shape index (κ1) is 16.1. The summed E-state index contributed by atoms with van der Waals surface area (Å²) in [5.74, 6) is 1.29. The predicted molar refractivity (Wildman–Crippen MR) is 91.1 cm³/mol. The van der Waals surface area contributed by atoms with Gasteiger partial charge in [-0.15, -0.1) is 0 Å². The molecule has 0 spiro atoms. The van der Waals surface area contributed by atoms with E-state index in [9.17, 15) is 4.79 Å². The van der Waals surface area contributed by atoms with Crippen molar-refractivity contribution in [3.8, 4) is 5.75 Å². The van der Waals surface area contributed by atoms with Crippen LogP contribution in [0.15, 0.2) is 28.7 Å². The van der Waals surface area contributed by atoms with Crippen LogP contribution >= 0.6 is 0 Å². The highest BCUT2D eigenvalue weighted by Crippen LogP contribution is 2.29. The van der Waals surface area contributed by atoms with E-state index in [0.717, 1.165) is 42.6 Å². The van der Waals surface area contributed by atoms with Crippen LogP contribution in [-0.2, 0) is 0 Å². The van der Waals surface area contributed by atoms with Gasteiger partial charge < -0.3 is 14.1 Å². The van der Waals surface area contributed by atoms with Crippen LogP contribution in [0.1, 0.15) is 44.2 Å². The summed E-state index contributed by atoms with van der Waals surface area (Å²) in [6.07, 6.45) is 2.37. The van der Waals surface area contributed by atoms with Gasteiger partial charge in [0.2, 0.25) is 5.78 Å². The quantitative estimate of drug-likeness (QED) is 0.799. The van der Waals surface area contributed by atoms with Crippen molar-refractivity contribution in [1.82, 2.24) is 4.90 Å². The lowest BCUT2D eigenvalue weighted by Gasteiger charge is -2.29. The normalized spacial score (nSPS) is 17.6. The summed E-state index contributed by atoms with van der Waals surface area (Å²) in [6.45, 7) is 7.84. The third-order valence-corrected chi connectivity index (χ3v) is 4.36. The van der Waals surface area contributed by atoms with E-state index in [1.165, 1.54) is 0 Å². The predicted octanol–water partition coefficient (Wildman–Crippen LogP) is 4.13. The summed E-state index contributed by atoms with van der Waals surface area (Å²) in [5, 5.41) is 0.919. The third kappa shape index (κ3) is 3.58. The Bertz CT molecular complexity index is 703. The van der Waals surface area contributed by atoms with Gasteiger partial charge in [-0.25, -0.2) is 0 Å². The molecule has 0 amide bonds. The molecule has 2 aromatic rings. The summed E-state index contributed by atoms with van der Waals surface area (Å²) in [6, 6.07) is 7.61. The average molecular weight is 315 g/mol. The molecule has 1 aliphatic rings. The van der Waals surface area contributed by atoms with Crippen LogP contribution < -0.4 is 4.74 Å². The number of carbonyl (C=O) groups excluding carboxylic acids is 1. The van der Waals surface area contributed by atoms with Crippen LogP contribution in [0.3, 0.4) is 0 Å². The molecule has 0 aliphatic carbocycles. The van der Waals surface area contributed by atoms with Gasteiger partial charge in [0, 0.05) is 23.9 Å². The SMILES string of the molecule is CN1CCC(Oc2ccc3oc(C(=O)C(C)(C)C)cc3c2)CC1. The highest BCUT2D eigenvalue weighted by Gasteiger charge is 2.26. The molecular formula is C19H25NO3. The smallest absolute Gasteiger partial charge is 0.203 e. The maximum absolute atomic E-state index is 12.3. The van der Waals surface area contributed by atoms with Crippen LogP contribution in [0.5, 0.6) is 5.75 Å². The van der Waals surface area contributed by atoms with Crippen molar-refractivity contribution in [1.29, 1.82) is 0 Å². The molecule has 0 N–H and O–H groups in total. The van der Waals surface area contributed by atoms with Crippen LogP contribution in [0.2, 0.25) is 0 Å². The van der Waals surface area contributed by atoms with Gasteiger partial charge >= 0.3 is 0 Å². The monoisotopic (exact) mass is 315 g/mol. The molecule has 23 heavy (non-hydrogen) atoms. The molecule has 124 valence electrons. The molecule has 1 aromatic heterocycles. The molecule has 1 aromatic carbocycles. The van der Waals surface area contributed by atoms with Crippen molar-refractivity contribution in [3.63, 3.8) is 0 Å². The van der Waals surface area contributed by atoms with E-state index >= 15 is 0 Å². The van der Waals surface area contributed by atoms with Gasteiger partial charge in [0.25, 0.3) is 0 Å². The van der Waals surface area contributed by atoms with E-state index in [0.29, 0.717) is 5.76 Å². The fourth-order valence-corrected chi connectivity index (χ4v) is 2.87. The molecule has 1 saturated heterocycles. The number of likely N-dealkylation sites (tertiary alicyclic amines) is 1. The topological polar surface area (TPSA) is 42.7 Å². The van der Waals surface area contributed by atoms with Gasteiger partial charge in [-0.3, -0.25) is 4.79 Å². The molecular weight excluding hydrogens is 290 g/mol. The molecule has 0 bridgehead atoms. The second-order valence-corrected chi connectivity index (χ2v) is 7.51. The number of hydrogen-bond donors (Lipinski definition) is 0. The second kappa shape index (κ2) is 6.00. The molecule has 4 nitrogen and oxygen atoms in total. The lowest BCUT2D eigenvalue weighted by atomic mass is 9.89. The minimum absolute atomic E-state index is 0.0199. The van der Waals surface area contributed by atoms with Crippen LogP contribution in [0.4, 0.5) is 0 Å². The summed E-state index contributed by atoms with van der Waals surface area (Å²) in [7, 11) is 2.14. The van der Waals surface area contributed by atoms with Crippen LogP contribution in [-0.4, -0.2) is 36.9 Å². The zero-order valence-electron chi connectivity index (χ0n) is 14.4. The van der Waals surface area contributed by atoms with Crippen molar-refractivity contribution in [2.45, 2.75) is 39.7 Å². The van der Waals surface area contributed by atoms with Gasteiger partial charge in [0.15, 0.2) is 5.76 Å². The van der Waals surface area contributed by atoms with E-state index in [1.807, 2.05) is 45.0 Å². The Labute approximate surface area is 137 Å². The molecule has 1 fully saturated rings. The zero-order valence-corrected chi connectivity index (χ0v) is 14.4. The number of benzene rings is 1. The number of Topliss-reactive ketones (excluding diaryl/α,β-unsaturated/α-hetero) is 1. The summed E-state index contributed by atoms with van der Waals surface area (Å²) >= 11 is 0. The van der Waals surface area contributed by atoms with Crippen molar-refractivity contribution in [2.24, 2.45) is 5.41 Å². The lowest BCUT2D eigenvalue weighted by molar-refractivity contribution is 0.0831. The molecule has 4 heteroatoms. The minimum Gasteiger partial charge on any atom is -0.490 e. The first-order valence-electron chi connectivity index (χ1n) is 8.26. The number of carbonyl (C=O) groups is 1. The van der Waals surface area contributed by atoms with Gasteiger partial charge in [0.05, 0.1) is 0 Å². The lowest BCUT2D eigenvalue weighted by Crippen LogP contribution is -2.35. The number of hydrogen-bond acceptors (Lipinski definition) is 4. The van der Waals surface area contributed by atoms with E-state index in [1.54, 1.807) is 0 Å². The largest absolute Gasteiger partial charge is 0.490 e. The summed E-state index contributed by atoms with van der Waals surface area (Å²) in [5.41, 5.74) is 0.287. The molecule has 0 radical (unpaired) electrons. The Kier molecular flexibility index (Phi) is 4.19. The minimum atomic E-state index is -0.443. The number of ketones is 1. The third-order valence-electron chi connectivity index (χ3n) is 4.36. The van der Waals surface area contributed by atoms with Crippen molar-refractivity contribution in [3.05, 3.63) is 30.0 Å². The number of furan rings is 1.